The number of nitrogens with one attached hydrogen (secondary N) is 2. The maximum absolute atomic E-state index is 12.4. The summed E-state index contributed by atoms with van der Waals surface area (Å²) in [6.45, 7) is 0. The second kappa shape index (κ2) is 5.58. The van der Waals surface area contributed by atoms with E-state index in [1.807, 2.05) is 24.3 Å². The fourth-order valence-electron chi connectivity index (χ4n) is 2.77. The van der Waals surface area contributed by atoms with Gasteiger partial charge in [0.05, 0.1) is 22.6 Å². The van der Waals surface area contributed by atoms with Crippen molar-refractivity contribution in [2.75, 3.05) is 10.6 Å². The zero-order chi connectivity index (χ0) is 16.7. The standard InChI is InChI=1S/C19H13ClN2O2/c20-13-5-6-15-17(10-13)21-16-7-4-12(9-18(16)22-19(15)24)11-2-1-3-14(23)8-11/h1-10,21,23H,(H,22,24). The van der Waals surface area contributed by atoms with E-state index < -0.39 is 0 Å². The molecule has 0 saturated heterocycles. The highest BCUT2D eigenvalue weighted by Crippen LogP contribution is 2.36. The molecule has 0 atom stereocenters. The average molecular weight is 337 g/mol. The summed E-state index contributed by atoms with van der Waals surface area (Å²) in [7, 11) is 0. The Morgan fingerprint density at radius 1 is 0.792 bits per heavy atom. The third-order valence-electron chi connectivity index (χ3n) is 3.94. The molecule has 5 heteroatoms. The molecule has 3 N–H and O–H groups in total. The topological polar surface area (TPSA) is 61.4 Å². The Morgan fingerprint density at radius 2 is 1.62 bits per heavy atom. The van der Waals surface area contributed by atoms with Crippen LogP contribution in [0.4, 0.5) is 17.1 Å². The molecule has 1 amide bonds. The van der Waals surface area contributed by atoms with Crippen LogP contribution in [0.1, 0.15) is 10.4 Å². The normalized spacial score (nSPS) is 12.5. The van der Waals surface area contributed by atoms with E-state index in [1.54, 1.807) is 36.4 Å². The van der Waals surface area contributed by atoms with Gasteiger partial charge in [-0.2, -0.15) is 0 Å². The van der Waals surface area contributed by atoms with Gasteiger partial charge < -0.3 is 15.7 Å². The second-order valence-electron chi connectivity index (χ2n) is 5.58. The molecule has 4 rings (SSSR count). The number of hydrogen-bond acceptors (Lipinski definition) is 3. The van der Waals surface area contributed by atoms with Crippen molar-refractivity contribution in [3.05, 3.63) is 71.2 Å². The number of phenols is 1. The number of amides is 1. The number of rotatable bonds is 1. The molecule has 0 aromatic heterocycles. The van der Waals surface area contributed by atoms with E-state index in [1.165, 1.54) is 0 Å². The minimum atomic E-state index is -0.194. The third-order valence-corrected chi connectivity index (χ3v) is 4.18. The van der Waals surface area contributed by atoms with Gasteiger partial charge in [0.2, 0.25) is 0 Å². The minimum Gasteiger partial charge on any atom is -0.508 e. The van der Waals surface area contributed by atoms with Crippen molar-refractivity contribution in [3.8, 4) is 16.9 Å². The van der Waals surface area contributed by atoms with Crippen LogP contribution >= 0.6 is 11.6 Å². The molecule has 0 unspecified atom stereocenters. The van der Waals surface area contributed by atoms with E-state index >= 15 is 0 Å². The molecule has 118 valence electrons. The number of carbonyl (C=O) groups is 1. The molecule has 0 saturated carbocycles. The van der Waals surface area contributed by atoms with Crippen LogP contribution < -0.4 is 10.6 Å². The van der Waals surface area contributed by atoms with Crippen LogP contribution in [0.2, 0.25) is 5.02 Å². The quantitative estimate of drug-likeness (QED) is 0.584. The lowest BCUT2D eigenvalue weighted by Gasteiger charge is -2.11. The Labute approximate surface area is 143 Å². The van der Waals surface area contributed by atoms with Gasteiger partial charge in [0, 0.05) is 5.02 Å². The Bertz CT molecular complexity index is 969. The van der Waals surface area contributed by atoms with Crippen LogP contribution in [0.15, 0.2) is 60.7 Å². The molecule has 0 radical (unpaired) electrons. The number of aromatic hydroxyl groups is 1. The number of halogens is 1. The van der Waals surface area contributed by atoms with Crippen molar-refractivity contribution in [3.63, 3.8) is 0 Å². The van der Waals surface area contributed by atoms with Crippen LogP contribution in [0.3, 0.4) is 0 Å². The molecule has 0 aliphatic carbocycles. The Morgan fingerprint density at radius 3 is 2.46 bits per heavy atom. The monoisotopic (exact) mass is 336 g/mol. The first-order chi connectivity index (χ1) is 11.6. The maximum Gasteiger partial charge on any atom is 0.257 e. The molecule has 3 aromatic rings. The molecule has 1 aliphatic heterocycles. The van der Waals surface area contributed by atoms with E-state index in [0.717, 1.165) is 16.8 Å². The van der Waals surface area contributed by atoms with Crippen molar-refractivity contribution in [1.82, 2.24) is 0 Å². The highest BCUT2D eigenvalue weighted by Gasteiger charge is 2.19. The first-order valence-electron chi connectivity index (χ1n) is 7.41. The van der Waals surface area contributed by atoms with E-state index in [-0.39, 0.29) is 11.7 Å². The maximum atomic E-state index is 12.4. The molecule has 1 heterocycles. The van der Waals surface area contributed by atoms with Crippen molar-refractivity contribution >= 4 is 34.6 Å². The molecule has 24 heavy (non-hydrogen) atoms. The fourth-order valence-corrected chi connectivity index (χ4v) is 2.95. The van der Waals surface area contributed by atoms with Crippen molar-refractivity contribution in [2.45, 2.75) is 0 Å². The summed E-state index contributed by atoms with van der Waals surface area (Å²) >= 11 is 6.03. The van der Waals surface area contributed by atoms with Crippen molar-refractivity contribution in [2.24, 2.45) is 0 Å². The molecule has 4 nitrogen and oxygen atoms in total. The predicted molar refractivity (Wildman–Crippen MR) is 96.2 cm³/mol. The number of fused-ring (bicyclic) bond motifs is 2. The van der Waals surface area contributed by atoms with Gasteiger partial charge >= 0.3 is 0 Å². The van der Waals surface area contributed by atoms with E-state index in [9.17, 15) is 9.90 Å². The van der Waals surface area contributed by atoms with Gasteiger partial charge in [-0.15, -0.1) is 0 Å². The van der Waals surface area contributed by atoms with Crippen LogP contribution in [-0.4, -0.2) is 11.0 Å². The summed E-state index contributed by atoms with van der Waals surface area (Å²) in [4.78, 5) is 12.4. The van der Waals surface area contributed by atoms with Gasteiger partial charge in [0.25, 0.3) is 5.91 Å². The van der Waals surface area contributed by atoms with Gasteiger partial charge in [-0.3, -0.25) is 4.79 Å². The lowest BCUT2D eigenvalue weighted by molar-refractivity contribution is 0.102. The summed E-state index contributed by atoms with van der Waals surface area (Å²) in [6.07, 6.45) is 0. The van der Waals surface area contributed by atoms with Crippen LogP contribution in [0.25, 0.3) is 11.1 Å². The average Bonchev–Trinajstić information content (AvgIpc) is 2.69. The van der Waals surface area contributed by atoms with E-state index in [2.05, 4.69) is 10.6 Å². The van der Waals surface area contributed by atoms with E-state index in [0.29, 0.717) is 22.0 Å². The summed E-state index contributed by atoms with van der Waals surface area (Å²) in [5.74, 6) is 0.00706. The Kier molecular flexibility index (Phi) is 3.40. The molecule has 3 aromatic carbocycles. The summed E-state index contributed by atoms with van der Waals surface area (Å²) in [5.41, 5.74) is 4.44. The van der Waals surface area contributed by atoms with Gasteiger partial charge in [0.15, 0.2) is 0 Å². The number of anilines is 3. The first-order valence-corrected chi connectivity index (χ1v) is 7.79. The molecule has 0 spiro atoms. The minimum absolute atomic E-state index is 0.194. The summed E-state index contributed by atoms with van der Waals surface area (Å²) < 4.78 is 0. The lowest BCUT2D eigenvalue weighted by Crippen LogP contribution is -2.10. The molecule has 1 aliphatic rings. The Hall–Kier alpha value is -2.98. The highest BCUT2D eigenvalue weighted by molar-refractivity contribution is 6.31. The Balaban J connectivity index is 1.79. The van der Waals surface area contributed by atoms with Crippen LogP contribution in [0, 0.1) is 0 Å². The van der Waals surface area contributed by atoms with Crippen molar-refractivity contribution < 1.29 is 9.90 Å². The number of benzene rings is 3. The molecular formula is C19H13ClN2O2. The largest absolute Gasteiger partial charge is 0.508 e. The second-order valence-corrected chi connectivity index (χ2v) is 6.02. The smallest absolute Gasteiger partial charge is 0.257 e. The lowest BCUT2D eigenvalue weighted by atomic mass is 10.0. The zero-order valence-corrected chi connectivity index (χ0v) is 13.3. The van der Waals surface area contributed by atoms with Crippen molar-refractivity contribution in [1.29, 1.82) is 0 Å². The zero-order valence-electron chi connectivity index (χ0n) is 12.5. The first kappa shape index (κ1) is 14.6. The van der Waals surface area contributed by atoms with Gasteiger partial charge in [-0.25, -0.2) is 0 Å². The van der Waals surface area contributed by atoms with Gasteiger partial charge in [-0.1, -0.05) is 29.8 Å². The summed E-state index contributed by atoms with van der Waals surface area (Å²) in [6, 6.07) is 17.8. The SMILES string of the molecule is O=C1Nc2cc(-c3cccc(O)c3)ccc2Nc2cc(Cl)ccc21. The highest BCUT2D eigenvalue weighted by atomic mass is 35.5. The number of carbonyl (C=O) groups excluding carboxylic acids is 1. The third kappa shape index (κ3) is 2.57. The van der Waals surface area contributed by atoms with Gasteiger partial charge in [0.1, 0.15) is 5.75 Å². The summed E-state index contributed by atoms with van der Waals surface area (Å²) in [5, 5.41) is 16.4. The van der Waals surface area contributed by atoms with Crippen LogP contribution in [-0.2, 0) is 0 Å². The molecular weight excluding hydrogens is 324 g/mol. The van der Waals surface area contributed by atoms with E-state index in [4.69, 9.17) is 11.6 Å². The van der Waals surface area contributed by atoms with Crippen LogP contribution in [0.5, 0.6) is 5.75 Å². The van der Waals surface area contributed by atoms with Gasteiger partial charge in [-0.05, 0) is 53.6 Å². The number of phenolic OH excluding ortho intramolecular Hbond substituents is 1. The molecule has 0 fully saturated rings. The number of hydrogen-bond donors (Lipinski definition) is 3. The fraction of sp³-hybridized carbons (Fsp3) is 0. The predicted octanol–water partition coefficient (Wildman–Crippen LogP) is 5.02. The molecule has 0 bridgehead atoms.